The van der Waals surface area contributed by atoms with Crippen LogP contribution in [0.2, 0.25) is 0 Å². The van der Waals surface area contributed by atoms with Gasteiger partial charge in [-0.1, -0.05) is 60.7 Å². The SMILES string of the molecule is COC(=O)CNC(=O)[C@@H](C)NC(=O)[C@H](CC(=O)OCc1ccccc1)NC(=O)OCc1ccccc1. The zero-order chi connectivity index (χ0) is 26.3. The van der Waals surface area contributed by atoms with Gasteiger partial charge in [0.25, 0.3) is 0 Å². The number of benzene rings is 2. The van der Waals surface area contributed by atoms with Crippen molar-refractivity contribution in [3.05, 3.63) is 71.8 Å². The first-order chi connectivity index (χ1) is 17.3. The van der Waals surface area contributed by atoms with Gasteiger partial charge in [0.15, 0.2) is 0 Å². The van der Waals surface area contributed by atoms with Gasteiger partial charge in [-0.3, -0.25) is 19.2 Å². The van der Waals surface area contributed by atoms with E-state index < -0.39 is 48.4 Å². The van der Waals surface area contributed by atoms with Gasteiger partial charge in [0.05, 0.1) is 13.5 Å². The first-order valence-electron chi connectivity index (χ1n) is 11.1. The highest BCUT2D eigenvalue weighted by molar-refractivity contribution is 5.94. The maximum Gasteiger partial charge on any atom is 0.408 e. The Morgan fingerprint density at radius 3 is 1.86 bits per heavy atom. The number of hydrogen-bond donors (Lipinski definition) is 3. The van der Waals surface area contributed by atoms with Crippen LogP contribution in [0, 0.1) is 0 Å². The Kier molecular flexibility index (Phi) is 11.4. The summed E-state index contributed by atoms with van der Waals surface area (Å²) in [6.07, 6.45) is -1.44. The molecule has 0 radical (unpaired) electrons. The van der Waals surface area contributed by atoms with Crippen LogP contribution < -0.4 is 16.0 Å². The molecule has 11 heteroatoms. The topological polar surface area (TPSA) is 149 Å². The first kappa shape index (κ1) is 27.8. The summed E-state index contributed by atoms with van der Waals surface area (Å²) >= 11 is 0. The summed E-state index contributed by atoms with van der Waals surface area (Å²) in [5, 5.41) is 7.04. The average molecular weight is 500 g/mol. The molecule has 0 bridgehead atoms. The number of methoxy groups -OCH3 is 1. The lowest BCUT2D eigenvalue weighted by Gasteiger charge is -2.20. The van der Waals surface area contributed by atoms with Crippen LogP contribution in [-0.4, -0.2) is 55.6 Å². The minimum Gasteiger partial charge on any atom is -0.468 e. The molecule has 0 aliphatic carbocycles. The molecule has 2 atom stereocenters. The Bertz CT molecular complexity index is 973. The predicted molar refractivity (Wildman–Crippen MR) is 127 cm³/mol. The first-order valence-corrected chi connectivity index (χ1v) is 11.1. The van der Waals surface area contributed by atoms with Crippen molar-refractivity contribution in [3.8, 4) is 0 Å². The van der Waals surface area contributed by atoms with Crippen LogP contribution in [0.4, 0.5) is 4.79 Å². The van der Waals surface area contributed by atoms with E-state index in [2.05, 4.69) is 20.7 Å². The Labute approximate surface area is 208 Å². The molecule has 2 rings (SSSR count). The van der Waals surface area contributed by atoms with Crippen LogP contribution in [0.5, 0.6) is 0 Å². The highest BCUT2D eigenvalue weighted by Crippen LogP contribution is 2.05. The van der Waals surface area contributed by atoms with Gasteiger partial charge in [-0.2, -0.15) is 0 Å². The number of nitrogens with one attached hydrogen (secondary N) is 3. The van der Waals surface area contributed by atoms with Crippen molar-refractivity contribution in [1.29, 1.82) is 0 Å². The zero-order valence-electron chi connectivity index (χ0n) is 20.0. The Hall–Kier alpha value is -4.41. The standard InChI is InChI=1S/C25H29N3O8/c1-17(23(31)26-14-22(30)34-2)27-24(32)20(13-21(29)35-15-18-9-5-3-6-10-18)28-25(33)36-16-19-11-7-4-8-12-19/h3-12,17,20H,13-16H2,1-2H3,(H,26,31)(H,27,32)(H,28,33)/t17-,20+/m1/s1. The van der Waals surface area contributed by atoms with Gasteiger partial charge in [0.1, 0.15) is 31.8 Å². The van der Waals surface area contributed by atoms with Crippen molar-refractivity contribution in [2.24, 2.45) is 0 Å². The molecule has 192 valence electrons. The van der Waals surface area contributed by atoms with Gasteiger partial charge in [-0.05, 0) is 18.1 Å². The molecule has 0 aliphatic heterocycles. The number of esters is 2. The quantitative estimate of drug-likeness (QED) is 0.291. The zero-order valence-corrected chi connectivity index (χ0v) is 20.0. The number of carbonyl (C=O) groups is 5. The van der Waals surface area contributed by atoms with Crippen LogP contribution in [0.1, 0.15) is 24.5 Å². The fourth-order valence-electron chi connectivity index (χ4n) is 2.84. The smallest absolute Gasteiger partial charge is 0.408 e. The molecule has 0 spiro atoms. The number of amides is 3. The summed E-state index contributed by atoms with van der Waals surface area (Å²) in [7, 11) is 1.17. The van der Waals surface area contributed by atoms with E-state index in [1.165, 1.54) is 14.0 Å². The number of rotatable bonds is 12. The number of carbonyl (C=O) groups excluding carboxylic acids is 5. The van der Waals surface area contributed by atoms with Gasteiger partial charge >= 0.3 is 18.0 Å². The molecule has 0 fully saturated rings. The summed E-state index contributed by atoms with van der Waals surface area (Å²) in [6, 6.07) is 15.4. The van der Waals surface area contributed by atoms with Crippen LogP contribution in [0.3, 0.4) is 0 Å². The number of ether oxygens (including phenoxy) is 3. The molecule has 0 saturated heterocycles. The summed E-state index contributed by atoms with van der Waals surface area (Å²) < 4.78 is 14.8. The molecule has 3 amide bonds. The van der Waals surface area contributed by atoms with Crippen molar-refractivity contribution in [2.75, 3.05) is 13.7 Å². The molecule has 3 N–H and O–H groups in total. The molecule has 0 aromatic heterocycles. The molecular weight excluding hydrogens is 470 g/mol. The van der Waals surface area contributed by atoms with Crippen LogP contribution in [-0.2, 0) is 46.6 Å². The van der Waals surface area contributed by atoms with E-state index in [9.17, 15) is 24.0 Å². The third kappa shape index (κ3) is 10.2. The maximum atomic E-state index is 12.8. The number of hydrogen-bond acceptors (Lipinski definition) is 8. The summed E-state index contributed by atoms with van der Waals surface area (Å²) in [5.41, 5.74) is 1.48. The Morgan fingerprint density at radius 1 is 0.750 bits per heavy atom. The third-order valence-corrected chi connectivity index (χ3v) is 4.82. The van der Waals surface area contributed by atoms with Gasteiger partial charge in [-0.25, -0.2) is 4.79 Å². The molecular formula is C25H29N3O8. The van der Waals surface area contributed by atoms with Gasteiger partial charge in [0, 0.05) is 0 Å². The van der Waals surface area contributed by atoms with Gasteiger partial charge < -0.3 is 30.2 Å². The fourth-order valence-corrected chi connectivity index (χ4v) is 2.84. The monoisotopic (exact) mass is 499 g/mol. The predicted octanol–water partition coefficient (Wildman–Crippen LogP) is 1.21. The molecule has 0 aliphatic rings. The van der Waals surface area contributed by atoms with Crippen LogP contribution >= 0.6 is 0 Å². The lowest BCUT2D eigenvalue weighted by atomic mass is 10.1. The Balaban J connectivity index is 1.98. The van der Waals surface area contributed by atoms with E-state index >= 15 is 0 Å². The molecule has 11 nitrogen and oxygen atoms in total. The average Bonchev–Trinajstić information content (AvgIpc) is 2.89. The second-order valence-electron chi connectivity index (χ2n) is 7.63. The van der Waals surface area contributed by atoms with Gasteiger partial charge in [-0.15, -0.1) is 0 Å². The highest BCUT2D eigenvalue weighted by atomic mass is 16.6. The normalized spacial score (nSPS) is 11.8. The van der Waals surface area contributed by atoms with E-state index in [4.69, 9.17) is 9.47 Å². The minimum absolute atomic E-state index is 0.0151. The van der Waals surface area contributed by atoms with Crippen molar-refractivity contribution >= 4 is 29.8 Å². The van der Waals surface area contributed by atoms with Crippen molar-refractivity contribution < 1.29 is 38.2 Å². The van der Waals surface area contributed by atoms with Crippen molar-refractivity contribution in [3.63, 3.8) is 0 Å². The molecule has 2 aromatic carbocycles. The van der Waals surface area contributed by atoms with E-state index in [0.717, 1.165) is 11.1 Å². The summed E-state index contributed by atoms with van der Waals surface area (Å²) in [6.45, 7) is 0.933. The second kappa shape index (κ2) is 14.8. The van der Waals surface area contributed by atoms with Crippen LogP contribution in [0.25, 0.3) is 0 Å². The highest BCUT2D eigenvalue weighted by Gasteiger charge is 2.28. The largest absolute Gasteiger partial charge is 0.468 e. The van der Waals surface area contributed by atoms with Crippen LogP contribution in [0.15, 0.2) is 60.7 Å². The molecule has 0 heterocycles. The van der Waals surface area contributed by atoms with E-state index in [1.54, 1.807) is 48.5 Å². The maximum absolute atomic E-state index is 12.8. The van der Waals surface area contributed by atoms with E-state index in [0.29, 0.717) is 0 Å². The second-order valence-corrected chi connectivity index (χ2v) is 7.63. The van der Waals surface area contributed by atoms with Crippen molar-refractivity contribution in [2.45, 2.75) is 38.6 Å². The third-order valence-electron chi connectivity index (χ3n) is 4.82. The van der Waals surface area contributed by atoms with E-state index in [1.807, 2.05) is 12.1 Å². The number of alkyl carbamates (subject to hydrolysis) is 1. The molecule has 2 aromatic rings. The summed E-state index contributed by atoms with van der Waals surface area (Å²) in [5.74, 6) is -2.89. The Morgan fingerprint density at radius 2 is 1.31 bits per heavy atom. The lowest BCUT2D eigenvalue weighted by molar-refractivity contribution is -0.147. The molecule has 36 heavy (non-hydrogen) atoms. The lowest BCUT2D eigenvalue weighted by Crippen LogP contribution is -2.53. The van der Waals surface area contributed by atoms with E-state index in [-0.39, 0.29) is 19.8 Å². The van der Waals surface area contributed by atoms with Crippen molar-refractivity contribution in [1.82, 2.24) is 16.0 Å². The fraction of sp³-hybridized carbons (Fsp3) is 0.320. The minimum atomic E-state index is -1.38. The molecule has 0 unspecified atom stereocenters. The molecule has 0 saturated carbocycles. The van der Waals surface area contributed by atoms with Gasteiger partial charge in [0.2, 0.25) is 11.8 Å². The summed E-state index contributed by atoms with van der Waals surface area (Å²) in [4.78, 5) is 60.9.